The van der Waals surface area contributed by atoms with Crippen LogP contribution in [-0.4, -0.2) is 42.4 Å². The number of nitrogens with zero attached hydrogens (tertiary/aromatic N) is 5. The third-order valence-corrected chi connectivity index (χ3v) is 7.22. The number of aryl methyl sites for hydroxylation is 3. The number of halogens is 2. The van der Waals surface area contributed by atoms with Crippen LogP contribution < -0.4 is 10.6 Å². The van der Waals surface area contributed by atoms with Gasteiger partial charge >= 0.3 is 0 Å². The molecule has 2 amide bonds. The normalized spacial score (nSPS) is 13.9. The van der Waals surface area contributed by atoms with Gasteiger partial charge in [-0.05, 0) is 82.6 Å². The predicted octanol–water partition coefficient (Wildman–Crippen LogP) is 3.79. The molecular formula is C30H24F2N8O2. The molecule has 0 radical (unpaired) electrons. The van der Waals surface area contributed by atoms with Crippen LogP contribution in [0.1, 0.15) is 60.4 Å². The van der Waals surface area contributed by atoms with Crippen LogP contribution in [0.2, 0.25) is 0 Å². The average molecular weight is 567 g/mol. The van der Waals surface area contributed by atoms with Gasteiger partial charge in [0, 0.05) is 18.2 Å². The molecule has 10 nitrogen and oxygen atoms in total. The maximum Gasteiger partial charge on any atom is 0.270 e. The lowest BCUT2D eigenvalue weighted by molar-refractivity contribution is 0.0937. The summed E-state index contributed by atoms with van der Waals surface area (Å²) in [7, 11) is 0. The second kappa shape index (κ2) is 11.2. The lowest BCUT2D eigenvalue weighted by Gasteiger charge is -2.22. The van der Waals surface area contributed by atoms with Crippen LogP contribution >= 0.6 is 0 Å². The van der Waals surface area contributed by atoms with E-state index in [1.165, 1.54) is 24.3 Å². The summed E-state index contributed by atoms with van der Waals surface area (Å²) in [6, 6.07) is 15.4. The molecule has 12 heteroatoms. The van der Waals surface area contributed by atoms with Crippen molar-refractivity contribution in [1.82, 2.24) is 41.2 Å². The molecule has 5 aromatic rings. The first-order valence-corrected chi connectivity index (χ1v) is 13.2. The first-order chi connectivity index (χ1) is 20.4. The van der Waals surface area contributed by atoms with Gasteiger partial charge in [-0.15, -0.1) is 10.2 Å². The van der Waals surface area contributed by atoms with Gasteiger partial charge in [0.1, 0.15) is 29.3 Å². The smallest absolute Gasteiger partial charge is 0.270 e. The molecule has 0 unspecified atom stereocenters. The zero-order valence-electron chi connectivity index (χ0n) is 22.4. The zero-order chi connectivity index (χ0) is 29.2. The monoisotopic (exact) mass is 566 g/mol. The number of tetrazole rings is 1. The third-order valence-electron chi connectivity index (χ3n) is 7.22. The Morgan fingerprint density at radius 1 is 0.905 bits per heavy atom. The van der Waals surface area contributed by atoms with Gasteiger partial charge in [0.25, 0.3) is 11.8 Å². The predicted molar refractivity (Wildman–Crippen MR) is 147 cm³/mol. The average Bonchev–Trinajstić information content (AvgIpc) is 3.50. The Kier molecular flexibility index (Phi) is 7.17. The van der Waals surface area contributed by atoms with E-state index in [4.69, 9.17) is 0 Å². The van der Waals surface area contributed by atoms with Crippen molar-refractivity contribution in [2.75, 3.05) is 0 Å². The van der Waals surface area contributed by atoms with Crippen LogP contribution in [-0.2, 0) is 19.4 Å². The molecule has 3 N–H and O–H groups in total. The van der Waals surface area contributed by atoms with Gasteiger partial charge in [-0.1, -0.05) is 30.3 Å². The fourth-order valence-corrected chi connectivity index (χ4v) is 5.08. The number of amides is 2. The number of nitrogens with one attached hydrogen (secondary N) is 3. The molecule has 0 bridgehead atoms. The van der Waals surface area contributed by atoms with E-state index >= 15 is 0 Å². The van der Waals surface area contributed by atoms with E-state index in [2.05, 4.69) is 41.2 Å². The maximum absolute atomic E-state index is 14.4. The van der Waals surface area contributed by atoms with Crippen LogP contribution in [0.4, 0.5) is 8.78 Å². The summed E-state index contributed by atoms with van der Waals surface area (Å²) < 4.78 is 28.0. The fraction of sp³-hybridized carbons (Fsp3) is 0.167. The lowest BCUT2D eigenvalue weighted by Crippen LogP contribution is -2.31. The summed E-state index contributed by atoms with van der Waals surface area (Å²) in [5, 5.41) is 19.9. The molecule has 2 heterocycles. The summed E-state index contributed by atoms with van der Waals surface area (Å²) in [5.74, 6) is -1.39. The van der Waals surface area contributed by atoms with Gasteiger partial charge in [0.05, 0.1) is 6.04 Å². The number of carbonyl (C=O) groups is 2. The third kappa shape index (κ3) is 5.46. The summed E-state index contributed by atoms with van der Waals surface area (Å²) in [4.78, 5) is 34.4. The highest BCUT2D eigenvalue weighted by Crippen LogP contribution is 2.35. The quantitative estimate of drug-likeness (QED) is 0.284. The molecule has 0 saturated heterocycles. The van der Waals surface area contributed by atoms with Crippen molar-refractivity contribution in [3.8, 4) is 11.4 Å². The minimum Gasteiger partial charge on any atom is -0.347 e. The Morgan fingerprint density at radius 3 is 2.50 bits per heavy atom. The number of carbonyl (C=O) groups excluding carboxylic acids is 2. The van der Waals surface area contributed by atoms with E-state index in [0.29, 0.717) is 29.8 Å². The number of rotatable bonds is 6. The number of hydrogen-bond donors (Lipinski definition) is 3. The Bertz CT molecular complexity index is 1810. The van der Waals surface area contributed by atoms with Crippen LogP contribution in [0.5, 0.6) is 0 Å². The summed E-state index contributed by atoms with van der Waals surface area (Å²) in [6.07, 6.45) is 2.42. The van der Waals surface area contributed by atoms with Gasteiger partial charge in [-0.3, -0.25) is 9.59 Å². The number of aromatic amines is 1. The largest absolute Gasteiger partial charge is 0.347 e. The lowest BCUT2D eigenvalue weighted by atomic mass is 9.93. The van der Waals surface area contributed by atoms with Gasteiger partial charge < -0.3 is 10.6 Å². The minimum atomic E-state index is -0.686. The van der Waals surface area contributed by atoms with Crippen molar-refractivity contribution >= 4 is 11.8 Å². The van der Waals surface area contributed by atoms with Crippen molar-refractivity contribution in [2.45, 2.75) is 32.4 Å². The number of benzene rings is 3. The number of fused-ring (bicyclic) bond motifs is 2. The van der Waals surface area contributed by atoms with Crippen LogP contribution in [0.15, 0.2) is 67.0 Å². The zero-order valence-corrected chi connectivity index (χ0v) is 22.4. The molecule has 210 valence electrons. The summed E-state index contributed by atoms with van der Waals surface area (Å²) in [6.45, 7) is 1.79. The molecule has 42 heavy (non-hydrogen) atoms. The van der Waals surface area contributed by atoms with Gasteiger partial charge in [-0.25, -0.2) is 18.7 Å². The van der Waals surface area contributed by atoms with Gasteiger partial charge in [0.2, 0.25) is 5.82 Å². The van der Waals surface area contributed by atoms with E-state index < -0.39 is 23.7 Å². The summed E-state index contributed by atoms with van der Waals surface area (Å²) >= 11 is 0. The molecule has 1 atom stereocenters. The van der Waals surface area contributed by atoms with E-state index in [9.17, 15) is 18.4 Å². The molecule has 0 saturated carbocycles. The van der Waals surface area contributed by atoms with Gasteiger partial charge in [0.15, 0.2) is 0 Å². The van der Waals surface area contributed by atoms with Crippen molar-refractivity contribution in [3.05, 3.63) is 123 Å². The van der Waals surface area contributed by atoms with Crippen molar-refractivity contribution in [2.24, 2.45) is 0 Å². The number of aromatic nitrogens is 6. The van der Waals surface area contributed by atoms with E-state index in [1.807, 2.05) is 18.2 Å². The molecular weight excluding hydrogens is 542 g/mol. The van der Waals surface area contributed by atoms with Crippen molar-refractivity contribution < 1.29 is 18.4 Å². The topological polar surface area (TPSA) is 138 Å². The highest BCUT2D eigenvalue weighted by molar-refractivity contribution is 5.97. The highest BCUT2D eigenvalue weighted by atomic mass is 19.1. The van der Waals surface area contributed by atoms with Crippen LogP contribution in [0, 0.1) is 18.6 Å². The molecule has 6 rings (SSSR count). The van der Waals surface area contributed by atoms with Gasteiger partial charge in [-0.2, -0.15) is 5.21 Å². The Balaban J connectivity index is 1.26. The van der Waals surface area contributed by atoms with Crippen LogP contribution in [0.3, 0.4) is 0 Å². The van der Waals surface area contributed by atoms with Crippen LogP contribution in [0.25, 0.3) is 11.4 Å². The molecule has 0 fully saturated rings. The molecule has 3 aromatic carbocycles. The minimum absolute atomic E-state index is 0.00792. The van der Waals surface area contributed by atoms with Crippen molar-refractivity contribution in [1.29, 1.82) is 0 Å². The highest BCUT2D eigenvalue weighted by Gasteiger charge is 2.27. The molecule has 0 spiro atoms. The second-order valence-electron chi connectivity index (χ2n) is 9.95. The standard InChI is InChI=1S/C30H24F2N8O2/c1-16-10-17(2-9-24(16)32)14-33-29(41)25-13-26(35-15-34-25)30(42)36-27-22-8-6-20(28-37-39-40-38-28)11-19(22)4-3-18-5-7-21(31)12-23(18)27/h2,5-13,15,27H,3-4,14H2,1H3,(H,33,41)(H,36,42)(H,37,38,39,40)/t27-/m1/s1. The second-order valence-corrected chi connectivity index (χ2v) is 9.95. The first-order valence-electron chi connectivity index (χ1n) is 13.2. The van der Waals surface area contributed by atoms with E-state index in [0.717, 1.165) is 34.1 Å². The van der Waals surface area contributed by atoms with Crippen molar-refractivity contribution in [3.63, 3.8) is 0 Å². The maximum atomic E-state index is 14.4. The van der Waals surface area contributed by atoms with E-state index in [-0.39, 0.29) is 23.7 Å². The molecule has 1 aliphatic rings. The molecule has 0 aliphatic heterocycles. The SMILES string of the molecule is Cc1cc(CNC(=O)c2cc(C(=O)N[C@@H]3c4ccc(-c5nn[nH]n5)cc4CCc4ccc(F)cc43)ncn2)ccc1F. The molecule has 1 aliphatic carbocycles. The summed E-state index contributed by atoms with van der Waals surface area (Å²) in [5.41, 5.74) is 5.18. The molecule has 2 aromatic heterocycles. The number of hydrogen-bond acceptors (Lipinski definition) is 7. The Labute approximate surface area is 238 Å². The Morgan fingerprint density at radius 2 is 1.71 bits per heavy atom. The number of H-pyrrole nitrogens is 1. The first kappa shape index (κ1) is 26.8. The fourth-order valence-electron chi connectivity index (χ4n) is 5.08. The van der Waals surface area contributed by atoms with E-state index in [1.54, 1.807) is 25.1 Å². The Hall–Kier alpha value is -5.39.